The van der Waals surface area contributed by atoms with Gasteiger partial charge in [-0.2, -0.15) is 5.26 Å². The molecule has 0 saturated carbocycles. The minimum Gasteiger partial charge on any atom is -0.350 e. The van der Waals surface area contributed by atoms with E-state index in [1.165, 1.54) is 0 Å². The number of hydrogen-bond donors (Lipinski definition) is 1. The third-order valence-electron chi connectivity index (χ3n) is 3.71. The van der Waals surface area contributed by atoms with Crippen molar-refractivity contribution in [3.63, 3.8) is 0 Å². The van der Waals surface area contributed by atoms with E-state index in [1.807, 2.05) is 48.1 Å². The molecule has 118 valence electrons. The Kier molecular flexibility index (Phi) is 4.37. The maximum Gasteiger partial charge on any atom is 0.266 e. The number of nitriles is 1. The third kappa shape index (κ3) is 3.03. The SMILES string of the molecule is Cn1cc(/C=C(\C#N)C(=O)Nc2ccccc2Cl)c2ccccc21. The molecule has 0 aliphatic rings. The number of carbonyl (C=O) groups is 1. The first-order valence-corrected chi connectivity index (χ1v) is 7.69. The monoisotopic (exact) mass is 335 g/mol. The van der Waals surface area contributed by atoms with Crippen LogP contribution in [0.1, 0.15) is 5.56 Å². The largest absolute Gasteiger partial charge is 0.350 e. The molecule has 1 heterocycles. The van der Waals surface area contributed by atoms with Crippen LogP contribution < -0.4 is 5.32 Å². The molecular weight excluding hydrogens is 322 g/mol. The number of nitrogens with zero attached hydrogens (tertiary/aromatic N) is 2. The number of para-hydroxylation sites is 2. The van der Waals surface area contributed by atoms with Crippen LogP contribution in [0.5, 0.6) is 0 Å². The highest BCUT2D eigenvalue weighted by Crippen LogP contribution is 2.24. The second kappa shape index (κ2) is 6.61. The smallest absolute Gasteiger partial charge is 0.266 e. The molecule has 1 N–H and O–H groups in total. The second-order valence-electron chi connectivity index (χ2n) is 5.32. The number of aryl methyl sites for hydroxylation is 1. The van der Waals surface area contributed by atoms with Crippen LogP contribution in [0.25, 0.3) is 17.0 Å². The first-order valence-electron chi connectivity index (χ1n) is 7.32. The van der Waals surface area contributed by atoms with Gasteiger partial charge < -0.3 is 9.88 Å². The Morgan fingerprint density at radius 3 is 2.67 bits per heavy atom. The van der Waals surface area contributed by atoms with E-state index in [1.54, 1.807) is 30.3 Å². The predicted octanol–water partition coefficient (Wildman–Crippen LogP) is 4.38. The van der Waals surface area contributed by atoms with Crippen LogP contribution in [0.3, 0.4) is 0 Å². The minimum atomic E-state index is -0.487. The van der Waals surface area contributed by atoms with E-state index in [9.17, 15) is 10.1 Å². The average molecular weight is 336 g/mol. The van der Waals surface area contributed by atoms with E-state index in [0.717, 1.165) is 16.5 Å². The van der Waals surface area contributed by atoms with Gasteiger partial charge in [-0.1, -0.05) is 41.9 Å². The highest BCUT2D eigenvalue weighted by atomic mass is 35.5. The zero-order chi connectivity index (χ0) is 17.1. The summed E-state index contributed by atoms with van der Waals surface area (Å²) in [5, 5.41) is 13.4. The van der Waals surface area contributed by atoms with Gasteiger partial charge in [-0.15, -0.1) is 0 Å². The van der Waals surface area contributed by atoms with Crippen molar-refractivity contribution in [3.05, 3.63) is 70.9 Å². The number of aromatic nitrogens is 1. The molecule has 0 aliphatic heterocycles. The Balaban J connectivity index is 1.96. The van der Waals surface area contributed by atoms with Crippen molar-refractivity contribution in [2.24, 2.45) is 7.05 Å². The fourth-order valence-electron chi connectivity index (χ4n) is 2.54. The molecule has 0 bridgehead atoms. The lowest BCUT2D eigenvalue weighted by molar-refractivity contribution is -0.112. The normalized spacial score (nSPS) is 11.3. The van der Waals surface area contributed by atoms with E-state index in [4.69, 9.17) is 11.6 Å². The summed E-state index contributed by atoms with van der Waals surface area (Å²) in [7, 11) is 1.93. The van der Waals surface area contributed by atoms with E-state index in [-0.39, 0.29) is 5.57 Å². The van der Waals surface area contributed by atoms with Crippen LogP contribution in [-0.4, -0.2) is 10.5 Å². The van der Waals surface area contributed by atoms with E-state index < -0.39 is 5.91 Å². The number of carbonyl (C=O) groups excluding carboxylic acids is 1. The Morgan fingerprint density at radius 2 is 1.92 bits per heavy atom. The Bertz CT molecular complexity index is 995. The van der Waals surface area contributed by atoms with Crippen LogP contribution in [0.15, 0.2) is 60.3 Å². The van der Waals surface area contributed by atoms with Crippen LogP contribution in [0.2, 0.25) is 5.02 Å². The maximum atomic E-state index is 12.4. The molecule has 1 aromatic heterocycles. The van der Waals surface area contributed by atoms with Crippen LogP contribution in [0.4, 0.5) is 5.69 Å². The van der Waals surface area contributed by atoms with Gasteiger partial charge in [0.2, 0.25) is 0 Å². The molecule has 0 fully saturated rings. The van der Waals surface area contributed by atoms with Gasteiger partial charge in [0.05, 0.1) is 10.7 Å². The van der Waals surface area contributed by atoms with Gasteiger partial charge in [-0.25, -0.2) is 0 Å². The van der Waals surface area contributed by atoms with E-state index in [2.05, 4.69) is 5.32 Å². The van der Waals surface area contributed by atoms with Crippen LogP contribution >= 0.6 is 11.6 Å². The standard InChI is InChI=1S/C19H14ClN3O/c1-23-12-14(15-6-2-5-9-18(15)23)10-13(11-21)19(24)22-17-8-4-3-7-16(17)20/h2-10,12H,1H3,(H,22,24)/b13-10+. The fraction of sp³-hybridized carbons (Fsp3) is 0.0526. The summed E-state index contributed by atoms with van der Waals surface area (Å²) < 4.78 is 1.96. The molecule has 2 aromatic carbocycles. The van der Waals surface area contributed by atoms with Crippen molar-refractivity contribution in [2.45, 2.75) is 0 Å². The number of anilines is 1. The molecule has 3 aromatic rings. The Morgan fingerprint density at radius 1 is 1.21 bits per heavy atom. The lowest BCUT2D eigenvalue weighted by Gasteiger charge is -2.05. The topological polar surface area (TPSA) is 57.8 Å². The Hall–Kier alpha value is -3.03. The number of hydrogen-bond acceptors (Lipinski definition) is 2. The molecular formula is C19H14ClN3O. The number of rotatable bonds is 3. The summed E-state index contributed by atoms with van der Waals surface area (Å²) in [6.45, 7) is 0. The number of nitrogens with one attached hydrogen (secondary N) is 1. The van der Waals surface area contributed by atoms with Crippen LogP contribution in [-0.2, 0) is 11.8 Å². The molecule has 0 atom stereocenters. The van der Waals surface area contributed by atoms with E-state index >= 15 is 0 Å². The lowest BCUT2D eigenvalue weighted by Crippen LogP contribution is -2.13. The fourth-order valence-corrected chi connectivity index (χ4v) is 2.73. The first kappa shape index (κ1) is 15.9. The molecule has 4 nitrogen and oxygen atoms in total. The van der Waals surface area contributed by atoms with Crippen LogP contribution in [0, 0.1) is 11.3 Å². The summed E-state index contributed by atoms with van der Waals surface area (Å²) in [5.41, 5.74) is 2.35. The van der Waals surface area contributed by atoms with Gasteiger partial charge in [-0.3, -0.25) is 4.79 Å². The van der Waals surface area contributed by atoms with Gasteiger partial charge in [0, 0.05) is 29.7 Å². The summed E-state index contributed by atoms with van der Waals surface area (Å²) >= 11 is 6.04. The zero-order valence-corrected chi connectivity index (χ0v) is 13.7. The molecule has 0 saturated heterocycles. The molecule has 1 amide bonds. The first-order chi connectivity index (χ1) is 11.6. The summed E-state index contributed by atoms with van der Waals surface area (Å²) in [6.07, 6.45) is 3.49. The number of amides is 1. The predicted molar refractivity (Wildman–Crippen MR) is 96.6 cm³/mol. The minimum absolute atomic E-state index is 0.0197. The zero-order valence-electron chi connectivity index (χ0n) is 13.0. The summed E-state index contributed by atoms with van der Waals surface area (Å²) in [4.78, 5) is 12.4. The molecule has 0 spiro atoms. The Labute approximate surface area is 144 Å². The molecule has 0 unspecified atom stereocenters. The highest BCUT2D eigenvalue weighted by Gasteiger charge is 2.13. The highest BCUT2D eigenvalue weighted by molar-refractivity contribution is 6.34. The molecule has 24 heavy (non-hydrogen) atoms. The van der Waals surface area contributed by atoms with Crippen molar-refractivity contribution in [1.29, 1.82) is 5.26 Å². The number of fused-ring (bicyclic) bond motifs is 1. The molecule has 0 radical (unpaired) electrons. The third-order valence-corrected chi connectivity index (χ3v) is 4.04. The average Bonchev–Trinajstić information content (AvgIpc) is 2.91. The number of halogens is 1. The number of benzene rings is 2. The van der Waals surface area contributed by atoms with E-state index in [0.29, 0.717) is 10.7 Å². The van der Waals surface area contributed by atoms with Crippen molar-refractivity contribution in [1.82, 2.24) is 4.57 Å². The summed E-state index contributed by atoms with van der Waals surface area (Å²) in [5.74, 6) is -0.487. The second-order valence-corrected chi connectivity index (χ2v) is 5.72. The lowest BCUT2D eigenvalue weighted by atomic mass is 10.1. The van der Waals surface area contributed by atoms with Gasteiger partial charge >= 0.3 is 0 Å². The maximum absolute atomic E-state index is 12.4. The van der Waals surface area contributed by atoms with Crippen molar-refractivity contribution < 1.29 is 4.79 Å². The van der Waals surface area contributed by atoms with Gasteiger partial charge in [0.25, 0.3) is 5.91 Å². The molecule has 0 aliphatic carbocycles. The summed E-state index contributed by atoms with van der Waals surface area (Å²) in [6, 6.07) is 16.7. The van der Waals surface area contributed by atoms with Gasteiger partial charge in [-0.05, 0) is 24.3 Å². The quantitative estimate of drug-likeness (QED) is 0.570. The van der Waals surface area contributed by atoms with Crippen molar-refractivity contribution >= 4 is 40.2 Å². The van der Waals surface area contributed by atoms with Gasteiger partial charge in [0.15, 0.2) is 0 Å². The van der Waals surface area contributed by atoms with Crippen molar-refractivity contribution in [2.75, 3.05) is 5.32 Å². The molecule has 3 rings (SSSR count). The molecule has 5 heteroatoms. The van der Waals surface area contributed by atoms with Crippen molar-refractivity contribution in [3.8, 4) is 6.07 Å². The van der Waals surface area contributed by atoms with Gasteiger partial charge in [0.1, 0.15) is 11.6 Å².